The zero-order valence-electron chi connectivity index (χ0n) is 11.8. The molecule has 0 N–H and O–H groups in total. The Balaban J connectivity index is 2.22. The molecule has 108 valence electrons. The second-order valence-corrected chi connectivity index (χ2v) is 6.44. The summed E-state index contributed by atoms with van der Waals surface area (Å²) >= 11 is 0. The van der Waals surface area contributed by atoms with E-state index in [1.165, 1.54) is 24.3 Å². The molecule has 4 nitrogen and oxygen atoms in total. The monoisotopic (exact) mass is 301 g/mol. The summed E-state index contributed by atoms with van der Waals surface area (Å²) in [6.45, 7) is 4.12. The lowest BCUT2D eigenvalue weighted by atomic mass is 10.0. The van der Waals surface area contributed by atoms with Crippen LogP contribution in [0.4, 0.5) is 0 Å². The minimum Gasteiger partial charge on any atom is -0.379 e. The summed E-state index contributed by atoms with van der Waals surface area (Å²) in [5.41, 5.74) is 1.51. The number of benzene rings is 2. The van der Waals surface area contributed by atoms with Crippen molar-refractivity contribution >= 4 is 10.1 Å². The molecule has 0 fully saturated rings. The van der Waals surface area contributed by atoms with Crippen LogP contribution in [0.2, 0.25) is 0 Å². The van der Waals surface area contributed by atoms with Crippen LogP contribution in [0.15, 0.2) is 53.4 Å². The maximum atomic E-state index is 12.1. The predicted octanol–water partition coefficient (Wildman–Crippen LogP) is 3.45. The minimum atomic E-state index is -3.88. The molecule has 0 heterocycles. The first kappa shape index (κ1) is 15.1. The Bertz CT molecular complexity index is 755. The molecule has 2 aromatic carbocycles. The summed E-state index contributed by atoms with van der Waals surface area (Å²) in [4.78, 5) is 0.0226. The highest BCUT2D eigenvalue weighted by Gasteiger charge is 2.16. The van der Waals surface area contributed by atoms with Crippen molar-refractivity contribution in [2.75, 3.05) is 0 Å². The van der Waals surface area contributed by atoms with Gasteiger partial charge in [0.15, 0.2) is 0 Å². The molecule has 0 amide bonds. The second-order valence-electron chi connectivity index (χ2n) is 4.90. The van der Waals surface area contributed by atoms with Crippen molar-refractivity contribution < 1.29 is 12.6 Å². The number of hydrogen-bond donors (Lipinski definition) is 0. The molecule has 2 aromatic rings. The van der Waals surface area contributed by atoms with Crippen LogP contribution in [0, 0.1) is 11.3 Å². The van der Waals surface area contributed by atoms with Crippen LogP contribution >= 0.6 is 0 Å². The van der Waals surface area contributed by atoms with Gasteiger partial charge in [-0.2, -0.15) is 13.7 Å². The molecule has 0 aliphatic rings. The Kier molecular flexibility index (Phi) is 4.29. The van der Waals surface area contributed by atoms with Gasteiger partial charge in [0.2, 0.25) is 0 Å². The van der Waals surface area contributed by atoms with Crippen molar-refractivity contribution in [2.45, 2.75) is 24.7 Å². The molecule has 0 saturated carbocycles. The highest BCUT2D eigenvalue weighted by Crippen LogP contribution is 2.22. The molecular formula is C16H15NO3S. The van der Waals surface area contributed by atoms with Gasteiger partial charge < -0.3 is 4.18 Å². The Morgan fingerprint density at radius 1 is 1.00 bits per heavy atom. The highest BCUT2D eigenvalue weighted by atomic mass is 32.2. The fraction of sp³-hybridized carbons (Fsp3) is 0.188. The van der Waals surface area contributed by atoms with E-state index < -0.39 is 10.1 Å². The van der Waals surface area contributed by atoms with E-state index in [9.17, 15) is 8.42 Å². The van der Waals surface area contributed by atoms with E-state index >= 15 is 0 Å². The first-order valence-electron chi connectivity index (χ1n) is 6.47. The van der Waals surface area contributed by atoms with E-state index in [0.717, 1.165) is 5.56 Å². The van der Waals surface area contributed by atoms with Gasteiger partial charge in [-0.25, -0.2) is 0 Å². The quantitative estimate of drug-likeness (QED) is 0.811. The zero-order chi connectivity index (χ0) is 15.5. The van der Waals surface area contributed by atoms with Gasteiger partial charge >= 0.3 is 10.1 Å². The molecule has 2 rings (SSSR count). The normalized spacial score (nSPS) is 11.1. The molecule has 0 radical (unpaired) electrons. The number of rotatable bonds is 4. The van der Waals surface area contributed by atoms with Gasteiger partial charge in [-0.3, -0.25) is 0 Å². The first-order chi connectivity index (χ1) is 9.92. The highest BCUT2D eigenvalue weighted by molar-refractivity contribution is 7.87. The van der Waals surface area contributed by atoms with Crippen LogP contribution in [0.1, 0.15) is 30.9 Å². The Labute approximate surface area is 124 Å². The number of nitrogens with zero attached hydrogens (tertiary/aromatic N) is 1. The lowest BCUT2D eigenvalue weighted by Gasteiger charge is -2.09. The molecule has 0 unspecified atom stereocenters. The van der Waals surface area contributed by atoms with Crippen LogP contribution in [0.5, 0.6) is 5.75 Å². The van der Waals surface area contributed by atoms with Gasteiger partial charge in [-0.1, -0.05) is 26.0 Å². The molecule has 0 atom stereocenters. The summed E-state index contributed by atoms with van der Waals surface area (Å²) in [5.74, 6) is 0.637. The largest absolute Gasteiger partial charge is 0.379 e. The van der Waals surface area contributed by atoms with Gasteiger partial charge in [-0.15, -0.1) is 0 Å². The van der Waals surface area contributed by atoms with Crippen molar-refractivity contribution in [3.05, 3.63) is 59.7 Å². The lowest BCUT2D eigenvalue weighted by Crippen LogP contribution is -2.09. The molecule has 21 heavy (non-hydrogen) atoms. The van der Waals surface area contributed by atoms with Gasteiger partial charge in [0.1, 0.15) is 10.6 Å². The summed E-state index contributed by atoms with van der Waals surface area (Å²) in [6.07, 6.45) is 0. The first-order valence-corrected chi connectivity index (χ1v) is 7.88. The fourth-order valence-electron chi connectivity index (χ4n) is 1.78. The van der Waals surface area contributed by atoms with Crippen LogP contribution in [-0.4, -0.2) is 8.42 Å². The molecule has 0 aliphatic heterocycles. The topological polar surface area (TPSA) is 67.2 Å². The van der Waals surface area contributed by atoms with Crippen molar-refractivity contribution in [3.8, 4) is 11.8 Å². The lowest BCUT2D eigenvalue weighted by molar-refractivity contribution is 0.486. The standard InChI is InChI=1S/C16H15NO3S/c1-12(2)14-5-7-15(8-6-14)20-21(18,19)16-9-3-13(11-17)4-10-16/h3-10,12H,1-2H3. The summed E-state index contributed by atoms with van der Waals surface area (Å²) in [5, 5.41) is 8.71. The van der Waals surface area contributed by atoms with Crippen LogP contribution < -0.4 is 4.18 Å². The van der Waals surface area contributed by atoms with Gasteiger partial charge in [0.05, 0.1) is 11.6 Å². The molecule has 5 heteroatoms. The Hall–Kier alpha value is -2.32. The summed E-state index contributed by atoms with van der Waals surface area (Å²) in [7, 11) is -3.88. The van der Waals surface area contributed by atoms with E-state index in [-0.39, 0.29) is 10.6 Å². The summed E-state index contributed by atoms with van der Waals surface area (Å²) in [6, 6.07) is 14.5. The molecule has 0 spiro atoms. The average molecular weight is 301 g/mol. The molecule has 0 aromatic heterocycles. The maximum absolute atomic E-state index is 12.1. The van der Waals surface area contributed by atoms with E-state index in [1.807, 2.05) is 18.2 Å². The van der Waals surface area contributed by atoms with E-state index in [0.29, 0.717) is 11.5 Å². The number of nitriles is 1. The van der Waals surface area contributed by atoms with Crippen LogP contribution in [0.25, 0.3) is 0 Å². The minimum absolute atomic E-state index is 0.0226. The van der Waals surface area contributed by atoms with E-state index in [4.69, 9.17) is 9.44 Å². The van der Waals surface area contributed by atoms with Gasteiger partial charge in [0.25, 0.3) is 0 Å². The SMILES string of the molecule is CC(C)c1ccc(OS(=O)(=O)c2ccc(C#N)cc2)cc1. The molecule has 0 aliphatic carbocycles. The Morgan fingerprint density at radius 2 is 1.57 bits per heavy atom. The maximum Gasteiger partial charge on any atom is 0.339 e. The third kappa shape index (κ3) is 3.61. The van der Waals surface area contributed by atoms with Crippen LogP contribution in [0.3, 0.4) is 0 Å². The smallest absolute Gasteiger partial charge is 0.339 e. The van der Waals surface area contributed by atoms with Crippen LogP contribution in [-0.2, 0) is 10.1 Å². The molecule has 0 saturated heterocycles. The van der Waals surface area contributed by atoms with E-state index in [1.54, 1.807) is 12.1 Å². The van der Waals surface area contributed by atoms with Gasteiger partial charge in [-0.05, 0) is 47.9 Å². The Morgan fingerprint density at radius 3 is 2.05 bits per heavy atom. The van der Waals surface area contributed by atoms with Crippen molar-refractivity contribution in [3.63, 3.8) is 0 Å². The average Bonchev–Trinajstić information content (AvgIpc) is 2.47. The fourth-order valence-corrected chi connectivity index (χ4v) is 2.71. The number of hydrogen-bond acceptors (Lipinski definition) is 4. The van der Waals surface area contributed by atoms with Crippen molar-refractivity contribution in [1.29, 1.82) is 5.26 Å². The second kappa shape index (κ2) is 5.98. The van der Waals surface area contributed by atoms with Crippen molar-refractivity contribution in [2.24, 2.45) is 0 Å². The predicted molar refractivity (Wildman–Crippen MR) is 79.5 cm³/mol. The third-order valence-electron chi connectivity index (χ3n) is 3.02. The van der Waals surface area contributed by atoms with Gasteiger partial charge in [0, 0.05) is 0 Å². The summed E-state index contributed by atoms with van der Waals surface area (Å²) < 4.78 is 29.3. The van der Waals surface area contributed by atoms with E-state index in [2.05, 4.69) is 13.8 Å². The van der Waals surface area contributed by atoms with Crippen molar-refractivity contribution in [1.82, 2.24) is 0 Å². The molecule has 0 bridgehead atoms. The molecular weight excluding hydrogens is 286 g/mol. The third-order valence-corrected chi connectivity index (χ3v) is 4.29. The zero-order valence-corrected chi connectivity index (χ0v) is 12.6.